The second kappa shape index (κ2) is 7.36. The van der Waals surface area contributed by atoms with E-state index in [0.717, 1.165) is 5.69 Å². The molecule has 0 aliphatic carbocycles. The van der Waals surface area contributed by atoms with Crippen LogP contribution in [-0.2, 0) is 9.59 Å². The van der Waals surface area contributed by atoms with Gasteiger partial charge in [0.25, 0.3) is 0 Å². The van der Waals surface area contributed by atoms with Gasteiger partial charge in [-0.05, 0) is 36.8 Å². The van der Waals surface area contributed by atoms with E-state index in [0.29, 0.717) is 29.4 Å². The number of para-hydroxylation sites is 1. The Morgan fingerprint density at radius 1 is 1.12 bits per heavy atom. The summed E-state index contributed by atoms with van der Waals surface area (Å²) in [5.41, 5.74) is 2.24. The monoisotopic (exact) mass is 343 g/mol. The van der Waals surface area contributed by atoms with E-state index in [1.165, 1.54) is 0 Å². The van der Waals surface area contributed by atoms with Crippen LogP contribution in [-0.4, -0.2) is 18.4 Å². The highest BCUT2D eigenvalue weighted by molar-refractivity contribution is 6.31. The van der Waals surface area contributed by atoms with Crippen LogP contribution in [0.3, 0.4) is 0 Å². The fourth-order valence-corrected chi connectivity index (χ4v) is 2.82. The van der Waals surface area contributed by atoms with E-state index >= 15 is 0 Å². The molecular formula is C18H18ClN3O2. The number of halogens is 1. The first-order chi connectivity index (χ1) is 11.6. The highest BCUT2D eigenvalue weighted by atomic mass is 35.5. The van der Waals surface area contributed by atoms with Gasteiger partial charge in [0.15, 0.2) is 0 Å². The molecule has 0 spiro atoms. The molecule has 0 radical (unpaired) electrons. The van der Waals surface area contributed by atoms with E-state index in [9.17, 15) is 9.59 Å². The van der Waals surface area contributed by atoms with Gasteiger partial charge in [-0.2, -0.15) is 0 Å². The minimum absolute atomic E-state index is 0.0832. The molecule has 1 saturated heterocycles. The van der Waals surface area contributed by atoms with Crippen LogP contribution in [0.15, 0.2) is 48.5 Å². The summed E-state index contributed by atoms with van der Waals surface area (Å²) in [4.78, 5) is 23.9. The average Bonchev–Trinajstić information content (AvgIpc) is 2.58. The number of benzene rings is 2. The maximum Gasteiger partial charge on any atom is 0.228 e. The molecule has 5 nitrogen and oxygen atoms in total. The summed E-state index contributed by atoms with van der Waals surface area (Å²) in [6.07, 6.45) is 0.869. The van der Waals surface area contributed by atoms with E-state index < -0.39 is 0 Å². The van der Waals surface area contributed by atoms with Crippen LogP contribution in [0.2, 0.25) is 5.02 Å². The lowest BCUT2D eigenvalue weighted by Gasteiger charge is -2.22. The first kappa shape index (κ1) is 16.3. The summed E-state index contributed by atoms with van der Waals surface area (Å²) in [7, 11) is 0. The number of carbonyl (C=O) groups is 2. The highest BCUT2D eigenvalue weighted by Gasteiger charge is 2.26. The molecule has 1 aliphatic heterocycles. The third-order valence-electron chi connectivity index (χ3n) is 3.91. The smallest absolute Gasteiger partial charge is 0.228 e. The molecule has 1 atom stereocenters. The first-order valence-electron chi connectivity index (χ1n) is 7.81. The van der Waals surface area contributed by atoms with Gasteiger partial charge in [-0.1, -0.05) is 29.8 Å². The quantitative estimate of drug-likeness (QED) is 0.795. The molecule has 1 aliphatic rings. The number of carbonyl (C=O) groups excluding carboxylic acids is 2. The molecule has 3 N–H and O–H groups in total. The van der Waals surface area contributed by atoms with Crippen LogP contribution < -0.4 is 16.0 Å². The van der Waals surface area contributed by atoms with Gasteiger partial charge in [-0.15, -0.1) is 0 Å². The molecule has 124 valence electrons. The van der Waals surface area contributed by atoms with Gasteiger partial charge in [-0.25, -0.2) is 0 Å². The Morgan fingerprint density at radius 3 is 2.67 bits per heavy atom. The summed E-state index contributed by atoms with van der Waals surface area (Å²) < 4.78 is 0. The predicted octanol–water partition coefficient (Wildman–Crippen LogP) is 3.55. The van der Waals surface area contributed by atoms with Crippen LogP contribution >= 0.6 is 11.6 Å². The third-order valence-corrected chi connectivity index (χ3v) is 4.14. The molecular weight excluding hydrogens is 326 g/mol. The molecule has 2 amide bonds. The van der Waals surface area contributed by atoms with Crippen LogP contribution in [0.1, 0.15) is 12.8 Å². The maximum absolute atomic E-state index is 12.5. The van der Waals surface area contributed by atoms with Gasteiger partial charge in [0.1, 0.15) is 0 Å². The lowest BCUT2D eigenvalue weighted by molar-refractivity contribution is -0.129. The van der Waals surface area contributed by atoms with E-state index in [-0.39, 0.29) is 24.2 Å². The minimum atomic E-state index is -0.306. The van der Waals surface area contributed by atoms with Crippen molar-refractivity contribution in [2.45, 2.75) is 12.8 Å². The predicted molar refractivity (Wildman–Crippen MR) is 95.5 cm³/mol. The summed E-state index contributed by atoms with van der Waals surface area (Å²) in [6, 6.07) is 14.9. The Bertz CT molecular complexity index is 749. The molecule has 3 rings (SSSR count). The third kappa shape index (κ3) is 4.06. The number of amides is 2. The molecule has 6 heteroatoms. The molecule has 0 bridgehead atoms. The SMILES string of the molecule is O=C1C[C@@H](C(=O)Nc2ccc(Cl)cc2Nc2ccccc2)CCN1. The van der Waals surface area contributed by atoms with Crippen molar-refractivity contribution < 1.29 is 9.59 Å². The average molecular weight is 344 g/mol. The van der Waals surface area contributed by atoms with E-state index in [1.807, 2.05) is 30.3 Å². The maximum atomic E-state index is 12.5. The number of anilines is 3. The molecule has 24 heavy (non-hydrogen) atoms. The topological polar surface area (TPSA) is 70.2 Å². The molecule has 1 fully saturated rings. The largest absolute Gasteiger partial charge is 0.356 e. The van der Waals surface area contributed by atoms with Crippen molar-refractivity contribution in [3.05, 3.63) is 53.6 Å². The Kier molecular flexibility index (Phi) is 5.01. The van der Waals surface area contributed by atoms with Gasteiger partial charge in [0.05, 0.1) is 11.4 Å². The zero-order valence-electron chi connectivity index (χ0n) is 13.0. The van der Waals surface area contributed by atoms with Crippen molar-refractivity contribution >= 4 is 40.5 Å². The van der Waals surface area contributed by atoms with E-state index in [2.05, 4.69) is 16.0 Å². The van der Waals surface area contributed by atoms with Crippen LogP contribution in [0.4, 0.5) is 17.1 Å². The second-order valence-electron chi connectivity index (χ2n) is 5.71. The fraction of sp³-hybridized carbons (Fsp3) is 0.222. The summed E-state index contributed by atoms with van der Waals surface area (Å²) in [5.74, 6) is -0.539. The number of hydrogen-bond donors (Lipinski definition) is 3. The Balaban J connectivity index is 1.77. The molecule has 0 aromatic heterocycles. The second-order valence-corrected chi connectivity index (χ2v) is 6.15. The Morgan fingerprint density at radius 2 is 1.92 bits per heavy atom. The molecule has 2 aromatic carbocycles. The summed E-state index contributed by atoms with van der Waals surface area (Å²) in [6.45, 7) is 0.534. The summed E-state index contributed by atoms with van der Waals surface area (Å²) >= 11 is 6.08. The van der Waals surface area contributed by atoms with Crippen LogP contribution in [0, 0.1) is 5.92 Å². The van der Waals surface area contributed by atoms with Crippen LogP contribution in [0.5, 0.6) is 0 Å². The van der Waals surface area contributed by atoms with Gasteiger partial charge < -0.3 is 16.0 Å². The van der Waals surface area contributed by atoms with Crippen molar-refractivity contribution in [3.8, 4) is 0 Å². The fourth-order valence-electron chi connectivity index (χ4n) is 2.65. The zero-order chi connectivity index (χ0) is 16.9. The normalized spacial score (nSPS) is 17.0. The van der Waals surface area contributed by atoms with E-state index in [1.54, 1.807) is 18.2 Å². The van der Waals surface area contributed by atoms with E-state index in [4.69, 9.17) is 11.6 Å². The van der Waals surface area contributed by atoms with Crippen molar-refractivity contribution in [2.75, 3.05) is 17.2 Å². The lowest BCUT2D eigenvalue weighted by atomic mass is 9.96. The van der Waals surface area contributed by atoms with Gasteiger partial charge in [0, 0.05) is 29.6 Å². The van der Waals surface area contributed by atoms with Crippen LogP contribution in [0.25, 0.3) is 0 Å². The molecule has 1 heterocycles. The molecule has 2 aromatic rings. The standard InChI is InChI=1S/C18H18ClN3O2/c19-13-6-7-15(16(11-13)21-14-4-2-1-3-5-14)22-18(24)12-8-9-20-17(23)10-12/h1-7,11-12,21H,8-10H2,(H,20,23)(H,22,24)/t12-/m0/s1. The lowest BCUT2D eigenvalue weighted by Crippen LogP contribution is -2.38. The minimum Gasteiger partial charge on any atom is -0.356 e. The summed E-state index contributed by atoms with van der Waals surface area (Å²) in [5, 5.41) is 9.47. The molecule has 0 saturated carbocycles. The van der Waals surface area contributed by atoms with Gasteiger partial charge in [-0.3, -0.25) is 9.59 Å². The highest BCUT2D eigenvalue weighted by Crippen LogP contribution is 2.29. The van der Waals surface area contributed by atoms with Crippen molar-refractivity contribution in [1.82, 2.24) is 5.32 Å². The number of piperidine rings is 1. The van der Waals surface area contributed by atoms with Gasteiger partial charge >= 0.3 is 0 Å². The number of nitrogens with one attached hydrogen (secondary N) is 3. The van der Waals surface area contributed by atoms with Gasteiger partial charge in [0.2, 0.25) is 11.8 Å². The zero-order valence-corrected chi connectivity index (χ0v) is 13.8. The van der Waals surface area contributed by atoms with Crippen molar-refractivity contribution in [2.24, 2.45) is 5.92 Å². The number of rotatable bonds is 4. The van der Waals surface area contributed by atoms with Crippen molar-refractivity contribution in [1.29, 1.82) is 0 Å². The van der Waals surface area contributed by atoms with Crippen molar-refractivity contribution in [3.63, 3.8) is 0 Å². The Labute approximate surface area is 145 Å². The Hall–Kier alpha value is -2.53. The first-order valence-corrected chi connectivity index (χ1v) is 8.19. The molecule has 0 unspecified atom stereocenters. The number of hydrogen-bond acceptors (Lipinski definition) is 3.